The van der Waals surface area contributed by atoms with Crippen molar-refractivity contribution in [2.75, 3.05) is 19.7 Å². The van der Waals surface area contributed by atoms with Crippen molar-refractivity contribution < 1.29 is 14.6 Å². The number of hydrogen-bond donors (Lipinski definition) is 1. The number of halogens is 1. The van der Waals surface area contributed by atoms with Gasteiger partial charge in [0.15, 0.2) is 0 Å². The number of hydrogen-bond acceptors (Lipinski definition) is 3. The van der Waals surface area contributed by atoms with Crippen LogP contribution in [-0.2, 0) is 4.79 Å². The highest BCUT2D eigenvalue weighted by molar-refractivity contribution is 6.30. The maximum Gasteiger partial charge on any atom is 0.320 e. The van der Waals surface area contributed by atoms with Crippen molar-refractivity contribution in [1.82, 2.24) is 4.90 Å². The summed E-state index contributed by atoms with van der Waals surface area (Å²) in [5.41, 5.74) is 0. The quantitative estimate of drug-likeness (QED) is 0.907. The van der Waals surface area contributed by atoms with Gasteiger partial charge >= 0.3 is 5.97 Å². The van der Waals surface area contributed by atoms with Crippen molar-refractivity contribution in [3.8, 4) is 5.75 Å². The lowest BCUT2D eigenvalue weighted by Crippen LogP contribution is -2.42. The van der Waals surface area contributed by atoms with Gasteiger partial charge in [-0.3, -0.25) is 9.69 Å². The van der Waals surface area contributed by atoms with Crippen LogP contribution in [0.3, 0.4) is 0 Å². The van der Waals surface area contributed by atoms with Crippen molar-refractivity contribution in [3.63, 3.8) is 0 Å². The molecule has 1 aromatic carbocycles. The number of likely N-dealkylation sites (tertiary alicyclic amines) is 1. The number of benzene rings is 1. The summed E-state index contributed by atoms with van der Waals surface area (Å²) in [6, 6.07) is 6.83. The van der Waals surface area contributed by atoms with Crippen LogP contribution in [0.5, 0.6) is 5.75 Å². The predicted octanol–water partition coefficient (Wildman–Crippen LogP) is 3.05. The third-order valence-electron chi connectivity index (χ3n) is 3.61. The Morgan fingerprint density at radius 3 is 2.75 bits per heavy atom. The van der Waals surface area contributed by atoms with Gasteiger partial charge in [-0.05, 0) is 43.7 Å². The van der Waals surface area contributed by atoms with Crippen LogP contribution in [-0.4, -0.2) is 41.7 Å². The molecule has 5 heteroatoms. The number of aliphatic carboxylic acids is 1. The summed E-state index contributed by atoms with van der Waals surface area (Å²) in [6.45, 7) is 1.96. The van der Waals surface area contributed by atoms with E-state index in [1.807, 2.05) is 17.0 Å². The summed E-state index contributed by atoms with van der Waals surface area (Å²) in [7, 11) is 0. The second kappa shape index (κ2) is 7.50. The first kappa shape index (κ1) is 15.1. The zero-order valence-electron chi connectivity index (χ0n) is 11.4. The third-order valence-corrected chi connectivity index (χ3v) is 3.86. The summed E-state index contributed by atoms with van der Waals surface area (Å²) in [5.74, 6) is 0.0366. The van der Waals surface area contributed by atoms with Crippen LogP contribution < -0.4 is 4.74 Å². The fraction of sp³-hybridized carbons (Fsp3) is 0.533. The molecule has 0 aliphatic carbocycles. The minimum absolute atomic E-state index is 0.369. The van der Waals surface area contributed by atoms with Gasteiger partial charge in [-0.15, -0.1) is 0 Å². The molecule has 1 aliphatic heterocycles. The zero-order chi connectivity index (χ0) is 14.4. The first-order valence-electron chi connectivity index (χ1n) is 7.02. The molecule has 20 heavy (non-hydrogen) atoms. The van der Waals surface area contributed by atoms with E-state index < -0.39 is 5.97 Å². The van der Waals surface area contributed by atoms with E-state index in [-0.39, 0.29) is 6.04 Å². The van der Waals surface area contributed by atoms with Crippen LogP contribution in [0.25, 0.3) is 0 Å². The molecule has 1 unspecified atom stereocenters. The fourth-order valence-corrected chi connectivity index (χ4v) is 2.65. The highest BCUT2D eigenvalue weighted by atomic mass is 35.5. The normalized spacial score (nSPS) is 20.4. The van der Waals surface area contributed by atoms with E-state index in [4.69, 9.17) is 16.3 Å². The largest absolute Gasteiger partial charge is 0.492 e. The predicted molar refractivity (Wildman–Crippen MR) is 78.4 cm³/mol. The molecule has 1 fully saturated rings. The molecule has 0 aromatic heterocycles. The van der Waals surface area contributed by atoms with Gasteiger partial charge in [0.1, 0.15) is 18.4 Å². The lowest BCUT2D eigenvalue weighted by atomic mass is 10.1. The molecule has 2 rings (SSSR count). The average Bonchev–Trinajstić information content (AvgIpc) is 2.66. The maximum absolute atomic E-state index is 11.3. The summed E-state index contributed by atoms with van der Waals surface area (Å²) in [6.07, 6.45) is 3.89. The van der Waals surface area contributed by atoms with E-state index in [9.17, 15) is 9.90 Å². The van der Waals surface area contributed by atoms with Gasteiger partial charge in [-0.2, -0.15) is 0 Å². The number of nitrogens with zero attached hydrogens (tertiary/aromatic N) is 1. The van der Waals surface area contributed by atoms with Gasteiger partial charge in [0, 0.05) is 11.6 Å². The second-order valence-corrected chi connectivity index (χ2v) is 5.48. The molecule has 1 aromatic rings. The Kier molecular flexibility index (Phi) is 5.68. The molecule has 0 radical (unpaired) electrons. The smallest absolute Gasteiger partial charge is 0.320 e. The Balaban J connectivity index is 1.84. The van der Waals surface area contributed by atoms with Gasteiger partial charge < -0.3 is 9.84 Å². The molecule has 0 spiro atoms. The molecule has 0 amide bonds. The number of carboxylic acids is 1. The Morgan fingerprint density at radius 1 is 1.30 bits per heavy atom. The zero-order valence-corrected chi connectivity index (χ0v) is 12.2. The lowest BCUT2D eigenvalue weighted by molar-refractivity contribution is -0.143. The maximum atomic E-state index is 11.3. The van der Waals surface area contributed by atoms with Gasteiger partial charge in [-0.1, -0.05) is 24.4 Å². The van der Waals surface area contributed by atoms with Crippen molar-refractivity contribution >= 4 is 17.6 Å². The van der Waals surface area contributed by atoms with E-state index in [1.54, 1.807) is 12.1 Å². The van der Waals surface area contributed by atoms with Crippen molar-refractivity contribution in [2.45, 2.75) is 31.7 Å². The van der Waals surface area contributed by atoms with Gasteiger partial charge in [0.25, 0.3) is 0 Å². The van der Waals surface area contributed by atoms with Crippen LogP contribution in [0, 0.1) is 0 Å². The highest BCUT2D eigenvalue weighted by Gasteiger charge is 2.26. The number of carbonyl (C=O) groups is 1. The molecule has 110 valence electrons. The van der Waals surface area contributed by atoms with Crippen LogP contribution in [0.4, 0.5) is 0 Å². The molecular formula is C15H20ClNO3. The van der Waals surface area contributed by atoms with Crippen molar-refractivity contribution in [2.24, 2.45) is 0 Å². The highest BCUT2D eigenvalue weighted by Crippen LogP contribution is 2.18. The van der Waals surface area contributed by atoms with Gasteiger partial charge in [-0.25, -0.2) is 0 Å². The molecule has 1 aliphatic rings. The molecule has 0 bridgehead atoms. The minimum atomic E-state index is -0.724. The van der Waals surface area contributed by atoms with E-state index >= 15 is 0 Å². The van der Waals surface area contributed by atoms with Gasteiger partial charge in [0.05, 0.1) is 0 Å². The van der Waals surface area contributed by atoms with E-state index in [1.165, 1.54) is 0 Å². The molecule has 0 saturated carbocycles. The monoisotopic (exact) mass is 297 g/mol. The van der Waals surface area contributed by atoms with Crippen LogP contribution in [0.15, 0.2) is 24.3 Å². The van der Waals surface area contributed by atoms with E-state index in [0.717, 1.165) is 38.0 Å². The Bertz CT molecular complexity index is 435. The Hall–Kier alpha value is -1.26. The standard InChI is InChI=1S/C15H20ClNO3/c16-12-5-7-13(8-6-12)20-11-10-17-9-3-1-2-4-14(17)15(18)19/h5-8,14H,1-4,9-11H2,(H,18,19). The van der Waals surface area contributed by atoms with E-state index in [2.05, 4.69) is 0 Å². The molecule has 1 N–H and O–H groups in total. The average molecular weight is 298 g/mol. The summed E-state index contributed by atoms with van der Waals surface area (Å²) in [5, 5.41) is 9.96. The van der Waals surface area contributed by atoms with Gasteiger partial charge in [0.2, 0.25) is 0 Å². The number of carboxylic acid groups (broad SMARTS) is 1. The minimum Gasteiger partial charge on any atom is -0.492 e. The van der Waals surface area contributed by atoms with Crippen molar-refractivity contribution in [1.29, 1.82) is 0 Å². The summed E-state index contributed by atoms with van der Waals surface area (Å²) >= 11 is 5.81. The Labute approximate surface area is 124 Å². The molecular weight excluding hydrogens is 278 g/mol. The topological polar surface area (TPSA) is 49.8 Å². The first-order valence-corrected chi connectivity index (χ1v) is 7.40. The number of ether oxygens (including phenoxy) is 1. The molecule has 4 nitrogen and oxygen atoms in total. The molecule has 1 saturated heterocycles. The summed E-state index contributed by atoms with van der Waals surface area (Å²) in [4.78, 5) is 13.3. The second-order valence-electron chi connectivity index (χ2n) is 5.04. The SMILES string of the molecule is O=C(O)C1CCCCCN1CCOc1ccc(Cl)cc1. The number of rotatable bonds is 5. The van der Waals surface area contributed by atoms with Crippen LogP contribution in [0.2, 0.25) is 5.02 Å². The van der Waals surface area contributed by atoms with Crippen LogP contribution in [0.1, 0.15) is 25.7 Å². The van der Waals surface area contributed by atoms with Crippen molar-refractivity contribution in [3.05, 3.63) is 29.3 Å². The molecule has 1 heterocycles. The summed E-state index contributed by atoms with van der Waals surface area (Å²) < 4.78 is 5.64. The van der Waals surface area contributed by atoms with Crippen LogP contribution >= 0.6 is 11.6 Å². The lowest BCUT2D eigenvalue weighted by Gasteiger charge is -2.26. The fourth-order valence-electron chi connectivity index (χ4n) is 2.53. The first-order chi connectivity index (χ1) is 9.66. The third kappa shape index (κ3) is 4.39. The Morgan fingerprint density at radius 2 is 2.05 bits per heavy atom. The molecule has 1 atom stereocenters. The van der Waals surface area contributed by atoms with E-state index in [0.29, 0.717) is 18.2 Å².